The van der Waals surface area contributed by atoms with Crippen LogP contribution in [0.5, 0.6) is 0 Å². The van der Waals surface area contributed by atoms with Gasteiger partial charge < -0.3 is 9.47 Å². The van der Waals surface area contributed by atoms with Crippen molar-refractivity contribution in [2.75, 3.05) is 13.2 Å². The number of hydrogen-bond donors (Lipinski definition) is 0. The van der Waals surface area contributed by atoms with Gasteiger partial charge in [0.05, 0.1) is 35.0 Å². The van der Waals surface area contributed by atoms with Crippen LogP contribution in [0.1, 0.15) is 51.7 Å². The summed E-state index contributed by atoms with van der Waals surface area (Å²) in [5, 5.41) is 0. The lowest BCUT2D eigenvalue weighted by molar-refractivity contribution is 0.0770. The summed E-state index contributed by atoms with van der Waals surface area (Å²) in [5.74, 6) is 0. The molecule has 3 rings (SSSR count). The number of nitrogens with zero attached hydrogens (tertiary/aromatic N) is 3. The Kier molecular flexibility index (Phi) is 9.32. The van der Waals surface area contributed by atoms with Gasteiger partial charge in [0.25, 0.3) is 0 Å². The van der Waals surface area contributed by atoms with Crippen LogP contribution in [0.4, 0.5) is 0 Å². The first kappa shape index (κ1) is 24.0. The largest absolute Gasteiger partial charge is 0.379 e. The van der Waals surface area contributed by atoms with Crippen molar-refractivity contribution in [3.05, 3.63) is 66.0 Å². The lowest BCUT2D eigenvalue weighted by Gasteiger charge is -2.08. The zero-order valence-electron chi connectivity index (χ0n) is 19.8. The standard InChI is InChI=1S/C27H35N3O2/c1-20(2)31-16-6-8-22-12-14-24(28-18-22)26-10-5-11-27(30-26)25-15-13-23(19-29-25)9-7-17-32-21(3)4/h5,10-15,18-21H,6-9,16-17H2,1-4H3. The lowest BCUT2D eigenvalue weighted by Crippen LogP contribution is -2.04. The molecule has 3 aromatic rings. The molecule has 0 fully saturated rings. The third-order valence-electron chi connectivity index (χ3n) is 5.05. The van der Waals surface area contributed by atoms with Crippen LogP contribution >= 0.6 is 0 Å². The predicted molar refractivity (Wildman–Crippen MR) is 130 cm³/mol. The monoisotopic (exact) mass is 433 g/mol. The van der Waals surface area contributed by atoms with Crippen molar-refractivity contribution in [3.8, 4) is 22.8 Å². The Morgan fingerprint density at radius 2 is 1.09 bits per heavy atom. The molecule has 5 nitrogen and oxygen atoms in total. The van der Waals surface area contributed by atoms with E-state index >= 15 is 0 Å². The van der Waals surface area contributed by atoms with E-state index in [0.717, 1.165) is 61.7 Å². The third kappa shape index (κ3) is 7.81. The second-order valence-corrected chi connectivity index (χ2v) is 8.56. The van der Waals surface area contributed by atoms with Gasteiger partial charge >= 0.3 is 0 Å². The quantitative estimate of drug-likeness (QED) is 0.332. The third-order valence-corrected chi connectivity index (χ3v) is 5.05. The van der Waals surface area contributed by atoms with Gasteiger partial charge in [-0.05, 0) is 88.8 Å². The van der Waals surface area contributed by atoms with E-state index in [1.54, 1.807) is 0 Å². The van der Waals surface area contributed by atoms with E-state index in [0.29, 0.717) is 0 Å². The Morgan fingerprint density at radius 3 is 1.47 bits per heavy atom. The van der Waals surface area contributed by atoms with E-state index in [1.807, 2.05) is 42.7 Å². The van der Waals surface area contributed by atoms with E-state index < -0.39 is 0 Å². The van der Waals surface area contributed by atoms with E-state index in [4.69, 9.17) is 14.5 Å². The summed E-state index contributed by atoms with van der Waals surface area (Å²) in [5.41, 5.74) is 5.89. The maximum atomic E-state index is 5.61. The molecule has 0 N–H and O–H groups in total. The molecule has 0 aromatic carbocycles. The molecule has 0 spiro atoms. The van der Waals surface area contributed by atoms with Crippen LogP contribution in [0.15, 0.2) is 54.9 Å². The molecule has 170 valence electrons. The minimum absolute atomic E-state index is 0.281. The minimum atomic E-state index is 0.281. The van der Waals surface area contributed by atoms with Crippen molar-refractivity contribution in [1.82, 2.24) is 15.0 Å². The fraction of sp³-hybridized carbons (Fsp3) is 0.444. The lowest BCUT2D eigenvalue weighted by atomic mass is 10.1. The van der Waals surface area contributed by atoms with Crippen molar-refractivity contribution in [3.63, 3.8) is 0 Å². The molecule has 0 unspecified atom stereocenters. The van der Waals surface area contributed by atoms with Gasteiger partial charge in [0.2, 0.25) is 0 Å². The molecule has 0 atom stereocenters. The average molecular weight is 434 g/mol. The van der Waals surface area contributed by atoms with Gasteiger partial charge in [0.15, 0.2) is 0 Å². The molecule has 32 heavy (non-hydrogen) atoms. The van der Waals surface area contributed by atoms with Crippen LogP contribution in [0.3, 0.4) is 0 Å². The number of ether oxygens (including phenoxy) is 2. The Bertz CT molecular complexity index is 863. The molecule has 0 aliphatic heterocycles. The smallest absolute Gasteiger partial charge is 0.0894 e. The highest BCUT2D eigenvalue weighted by molar-refractivity contribution is 5.61. The van der Waals surface area contributed by atoms with Gasteiger partial charge in [-0.1, -0.05) is 18.2 Å². The van der Waals surface area contributed by atoms with Crippen molar-refractivity contribution in [2.45, 2.75) is 65.6 Å². The Labute approximate surface area is 192 Å². The topological polar surface area (TPSA) is 57.1 Å². The fourth-order valence-electron chi connectivity index (χ4n) is 3.36. The molecule has 3 aromatic heterocycles. The second kappa shape index (κ2) is 12.4. The first-order valence-electron chi connectivity index (χ1n) is 11.6. The molecule has 0 saturated heterocycles. The Hall–Kier alpha value is -2.63. The highest BCUT2D eigenvalue weighted by atomic mass is 16.5. The molecule has 5 heteroatoms. The maximum Gasteiger partial charge on any atom is 0.0894 e. The first-order valence-corrected chi connectivity index (χ1v) is 11.6. The number of hydrogen-bond acceptors (Lipinski definition) is 5. The number of rotatable bonds is 12. The Morgan fingerprint density at radius 1 is 0.625 bits per heavy atom. The minimum Gasteiger partial charge on any atom is -0.379 e. The molecular weight excluding hydrogens is 398 g/mol. The van der Waals surface area contributed by atoms with Gasteiger partial charge in [-0.2, -0.15) is 0 Å². The van der Waals surface area contributed by atoms with E-state index in [-0.39, 0.29) is 12.2 Å². The van der Waals surface area contributed by atoms with Gasteiger partial charge in [-0.15, -0.1) is 0 Å². The molecular formula is C27H35N3O2. The van der Waals surface area contributed by atoms with Gasteiger partial charge in [0, 0.05) is 25.6 Å². The predicted octanol–water partition coefficient (Wildman–Crippen LogP) is 5.92. The highest BCUT2D eigenvalue weighted by Gasteiger charge is 2.07. The van der Waals surface area contributed by atoms with Gasteiger partial charge in [-0.3, -0.25) is 9.97 Å². The van der Waals surface area contributed by atoms with Crippen molar-refractivity contribution < 1.29 is 9.47 Å². The summed E-state index contributed by atoms with van der Waals surface area (Å²) in [6, 6.07) is 14.3. The normalized spacial score (nSPS) is 11.4. The summed E-state index contributed by atoms with van der Waals surface area (Å²) in [4.78, 5) is 14.1. The van der Waals surface area contributed by atoms with Crippen LogP contribution in [-0.4, -0.2) is 40.4 Å². The number of pyridine rings is 3. The maximum absolute atomic E-state index is 5.61. The summed E-state index contributed by atoms with van der Waals surface area (Å²) in [6.45, 7) is 9.80. The van der Waals surface area contributed by atoms with E-state index in [9.17, 15) is 0 Å². The van der Waals surface area contributed by atoms with Crippen LogP contribution in [0.2, 0.25) is 0 Å². The summed E-state index contributed by atoms with van der Waals surface area (Å²) in [6.07, 6.45) is 8.37. The molecule has 0 amide bonds. The molecule has 0 aliphatic carbocycles. The van der Waals surface area contributed by atoms with E-state index in [1.165, 1.54) is 11.1 Å². The fourth-order valence-corrected chi connectivity index (χ4v) is 3.36. The summed E-state index contributed by atoms with van der Waals surface area (Å²) < 4.78 is 11.2. The van der Waals surface area contributed by atoms with Crippen LogP contribution in [0, 0.1) is 0 Å². The first-order chi connectivity index (χ1) is 15.5. The molecule has 3 heterocycles. The zero-order chi connectivity index (χ0) is 22.8. The van der Waals surface area contributed by atoms with Crippen molar-refractivity contribution in [2.24, 2.45) is 0 Å². The summed E-state index contributed by atoms with van der Waals surface area (Å²) >= 11 is 0. The molecule has 0 bridgehead atoms. The SMILES string of the molecule is CC(C)OCCCc1ccc(-c2cccc(-c3ccc(CCCOC(C)C)cn3)n2)nc1. The molecule has 0 aliphatic rings. The van der Waals surface area contributed by atoms with Crippen molar-refractivity contribution >= 4 is 0 Å². The van der Waals surface area contributed by atoms with Crippen LogP contribution in [-0.2, 0) is 22.3 Å². The highest BCUT2D eigenvalue weighted by Crippen LogP contribution is 2.21. The number of aryl methyl sites for hydroxylation is 2. The van der Waals surface area contributed by atoms with Crippen LogP contribution < -0.4 is 0 Å². The van der Waals surface area contributed by atoms with Gasteiger partial charge in [-0.25, -0.2) is 4.98 Å². The molecule has 0 saturated carbocycles. The zero-order valence-corrected chi connectivity index (χ0v) is 19.8. The van der Waals surface area contributed by atoms with Crippen LogP contribution in [0.25, 0.3) is 22.8 Å². The number of aromatic nitrogens is 3. The average Bonchev–Trinajstić information content (AvgIpc) is 2.80. The van der Waals surface area contributed by atoms with E-state index in [2.05, 4.69) is 49.8 Å². The van der Waals surface area contributed by atoms with Crippen molar-refractivity contribution in [1.29, 1.82) is 0 Å². The molecule has 0 radical (unpaired) electrons. The second-order valence-electron chi connectivity index (χ2n) is 8.56. The summed E-state index contributed by atoms with van der Waals surface area (Å²) in [7, 11) is 0. The Balaban J connectivity index is 1.59. The van der Waals surface area contributed by atoms with Gasteiger partial charge in [0.1, 0.15) is 0 Å².